The lowest BCUT2D eigenvalue weighted by molar-refractivity contribution is 0.200. The molecule has 174 valence electrons. The number of nitrogens with one attached hydrogen (secondary N) is 1. The molecule has 0 bridgehead atoms. The molecule has 2 aliphatic rings. The lowest BCUT2D eigenvalue weighted by atomic mass is 9.83. The third-order valence-corrected chi connectivity index (χ3v) is 6.43. The highest BCUT2D eigenvalue weighted by Gasteiger charge is 2.36. The molecule has 3 aromatic rings. The number of allylic oxidation sites excluding steroid dienone is 1. The fourth-order valence-electron chi connectivity index (χ4n) is 4.70. The van der Waals surface area contributed by atoms with Crippen LogP contribution in [0.1, 0.15) is 42.7 Å². The van der Waals surface area contributed by atoms with Gasteiger partial charge < -0.3 is 24.7 Å². The monoisotopic (exact) mass is 458 g/mol. The van der Waals surface area contributed by atoms with E-state index in [0.29, 0.717) is 23.0 Å². The molecule has 1 fully saturated rings. The molecule has 1 atom stereocenters. The van der Waals surface area contributed by atoms with Crippen LogP contribution in [0.3, 0.4) is 0 Å². The van der Waals surface area contributed by atoms with Gasteiger partial charge in [0.1, 0.15) is 17.4 Å². The number of aromatic nitrogens is 2. The predicted octanol–water partition coefficient (Wildman–Crippen LogP) is 4.63. The number of H-pyrrole nitrogens is 1. The molecule has 2 heterocycles. The summed E-state index contributed by atoms with van der Waals surface area (Å²) in [5.41, 5.74) is 9.65. The highest BCUT2D eigenvalue weighted by molar-refractivity contribution is 5.71. The van der Waals surface area contributed by atoms with Gasteiger partial charge in [-0.2, -0.15) is 5.26 Å². The molecule has 1 saturated carbocycles. The second-order valence-electron chi connectivity index (χ2n) is 8.41. The van der Waals surface area contributed by atoms with Crippen molar-refractivity contribution < 1.29 is 18.9 Å². The molecule has 0 amide bonds. The highest BCUT2D eigenvalue weighted by Crippen LogP contribution is 2.47. The number of rotatable bonds is 6. The summed E-state index contributed by atoms with van der Waals surface area (Å²) in [4.78, 5) is 0. The maximum Gasteiger partial charge on any atom is 0.244 e. The van der Waals surface area contributed by atoms with Crippen molar-refractivity contribution in [2.24, 2.45) is 5.73 Å². The number of nitrogens with two attached hydrogens (primary N) is 1. The second kappa shape index (κ2) is 9.02. The van der Waals surface area contributed by atoms with E-state index in [2.05, 4.69) is 16.3 Å². The molecular weight excluding hydrogens is 432 g/mol. The Kier molecular flexibility index (Phi) is 5.76. The maximum atomic E-state index is 9.99. The minimum Gasteiger partial charge on any atom is -0.497 e. The van der Waals surface area contributed by atoms with Crippen molar-refractivity contribution in [1.29, 1.82) is 5.26 Å². The zero-order valence-electron chi connectivity index (χ0n) is 19.1. The predicted molar refractivity (Wildman–Crippen MR) is 126 cm³/mol. The van der Waals surface area contributed by atoms with Gasteiger partial charge >= 0.3 is 0 Å². The van der Waals surface area contributed by atoms with Crippen molar-refractivity contribution in [2.75, 3.05) is 14.2 Å². The van der Waals surface area contributed by atoms with Gasteiger partial charge in [-0.1, -0.05) is 6.07 Å². The van der Waals surface area contributed by atoms with Crippen molar-refractivity contribution >= 4 is 0 Å². The van der Waals surface area contributed by atoms with Gasteiger partial charge in [0.05, 0.1) is 37.5 Å². The minimum absolute atomic E-state index is 0.0398. The summed E-state index contributed by atoms with van der Waals surface area (Å²) in [6.45, 7) is 0. The summed E-state index contributed by atoms with van der Waals surface area (Å²) >= 11 is 0. The van der Waals surface area contributed by atoms with Crippen molar-refractivity contribution in [3.63, 3.8) is 0 Å². The fraction of sp³-hybridized carbons (Fsp3) is 0.308. The Morgan fingerprint density at radius 3 is 2.50 bits per heavy atom. The summed E-state index contributed by atoms with van der Waals surface area (Å²) in [6.07, 6.45) is 4.66. The molecular formula is C26H26N4O4. The van der Waals surface area contributed by atoms with Gasteiger partial charge in [-0.05, 0) is 67.6 Å². The largest absolute Gasteiger partial charge is 0.497 e. The third-order valence-electron chi connectivity index (χ3n) is 6.43. The van der Waals surface area contributed by atoms with Crippen molar-refractivity contribution in [3.8, 4) is 40.5 Å². The number of fused-ring (bicyclic) bond motifs is 1. The van der Waals surface area contributed by atoms with Crippen LogP contribution in [0.4, 0.5) is 0 Å². The molecule has 34 heavy (non-hydrogen) atoms. The van der Waals surface area contributed by atoms with Gasteiger partial charge in [-0.15, -0.1) is 5.10 Å². The molecule has 3 N–H and O–H groups in total. The van der Waals surface area contributed by atoms with Crippen molar-refractivity contribution in [2.45, 2.75) is 37.7 Å². The van der Waals surface area contributed by atoms with E-state index in [1.807, 2.05) is 42.5 Å². The van der Waals surface area contributed by atoms with E-state index in [1.165, 1.54) is 12.8 Å². The Balaban J connectivity index is 1.59. The van der Waals surface area contributed by atoms with Crippen LogP contribution in [-0.4, -0.2) is 30.5 Å². The van der Waals surface area contributed by atoms with E-state index in [1.54, 1.807) is 14.2 Å². The number of hydrogen-bond acceptors (Lipinski definition) is 7. The second-order valence-corrected chi connectivity index (χ2v) is 8.41. The Labute approximate surface area is 197 Å². The van der Waals surface area contributed by atoms with E-state index in [0.717, 1.165) is 41.0 Å². The minimum atomic E-state index is -0.487. The number of ether oxygens (including phenoxy) is 4. The van der Waals surface area contributed by atoms with Crippen molar-refractivity contribution in [1.82, 2.24) is 10.2 Å². The first-order valence-electron chi connectivity index (χ1n) is 11.3. The molecule has 8 nitrogen and oxygen atoms in total. The van der Waals surface area contributed by atoms with Crippen molar-refractivity contribution in [3.05, 3.63) is 65.0 Å². The van der Waals surface area contributed by atoms with Gasteiger partial charge in [0.15, 0.2) is 11.5 Å². The molecule has 0 unspecified atom stereocenters. The number of nitriles is 1. The number of aromatic amines is 1. The normalized spacial score (nSPS) is 17.6. The number of nitrogens with zero attached hydrogens (tertiary/aromatic N) is 2. The summed E-state index contributed by atoms with van der Waals surface area (Å²) in [5, 5.41) is 17.4. The van der Waals surface area contributed by atoms with Crippen LogP contribution in [0, 0.1) is 11.3 Å². The van der Waals surface area contributed by atoms with Gasteiger partial charge in [0, 0.05) is 5.56 Å². The Morgan fingerprint density at radius 2 is 1.82 bits per heavy atom. The van der Waals surface area contributed by atoms with E-state index in [-0.39, 0.29) is 12.0 Å². The van der Waals surface area contributed by atoms with Gasteiger partial charge in [0.25, 0.3) is 0 Å². The van der Waals surface area contributed by atoms with Crippen LogP contribution in [-0.2, 0) is 0 Å². The summed E-state index contributed by atoms with van der Waals surface area (Å²) in [5.74, 6) is 1.95. The first kappa shape index (κ1) is 21.7. The summed E-state index contributed by atoms with van der Waals surface area (Å²) in [7, 11) is 3.24. The Hall–Kier alpha value is -4.12. The fourth-order valence-corrected chi connectivity index (χ4v) is 4.70. The molecule has 5 rings (SSSR count). The van der Waals surface area contributed by atoms with Crippen LogP contribution >= 0.6 is 0 Å². The lowest BCUT2D eigenvalue weighted by Gasteiger charge is -2.25. The average molecular weight is 459 g/mol. The smallest absolute Gasteiger partial charge is 0.244 e. The molecule has 2 aromatic carbocycles. The average Bonchev–Trinajstić information content (AvgIpc) is 3.53. The van der Waals surface area contributed by atoms with Crippen LogP contribution in [0.25, 0.3) is 11.3 Å². The van der Waals surface area contributed by atoms with Crippen LogP contribution in [0.15, 0.2) is 53.9 Å². The van der Waals surface area contributed by atoms with Crippen LogP contribution in [0.5, 0.6) is 23.1 Å². The van der Waals surface area contributed by atoms with E-state index >= 15 is 0 Å². The zero-order valence-corrected chi connectivity index (χ0v) is 19.1. The molecule has 1 aliphatic carbocycles. The molecule has 0 saturated heterocycles. The summed E-state index contributed by atoms with van der Waals surface area (Å²) < 4.78 is 22.9. The molecule has 0 spiro atoms. The third kappa shape index (κ3) is 3.79. The van der Waals surface area contributed by atoms with E-state index < -0.39 is 5.92 Å². The van der Waals surface area contributed by atoms with Gasteiger partial charge in [-0.25, -0.2) is 0 Å². The number of hydrogen-bond donors (Lipinski definition) is 2. The first-order chi connectivity index (χ1) is 16.6. The molecule has 1 aliphatic heterocycles. The number of methoxy groups -OCH3 is 2. The highest BCUT2D eigenvalue weighted by atomic mass is 16.5. The zero-order chi connectivity index (χ0) is 23.7. The van der Waals surface area contributed by atoms with Gasteiger partial charge in [-0.3, -0.25) is 5.10 Å². The van der Waals surface area contributed by atoms with Crippen LogP contribution in [0.2, 0.25) is 0 Å². The van der Waals surface area contributed by atoms with E-state index in [4.69, 9.17) is 24.7 Å². The molecule has 0 radical (unpaired) electrons. The maximum absolute atomic E-state index is 9.99. The summed E-state index contributed by atoms with van der Waals surface area (Å²) in [6, 6.07) is 15.6. The molecule has 1 aromatic heterocycles. The Morgan fingerprint density at radius 1 is 1.06 bits per heavy atom. The SMILES string of the molecule is COc1ccc(-c2[nH]nc3c2[C@H](c2ccc(OC4CCCC4)c(OC)c2)C(C#N)=C(N)O3)cc1. The van der Waals surface area contributed by atoms with Crippen LogP contribution < -0.4 is 24.7 Å². The molecule has 8 heteroatoms. The first-order valence-corrected chi connectivity index (χ1v) is 11.3. The lowest BCUT2D eigenvalue weighted by Crippen LogP contribution is -2.21. The van der Waals surface area contributed by atoms with Gasteiger partial charge in [0.2, 0.25) is 11.8 Å². The van der Waals surface area contributed by atoms with E-state index in [9.17, 15) is 5.26 Å². The standard InChI is InChI=1S/C26H26N4O4/c1-31-17-10-7-15(8-11-17)24-23-22(19(14-27)25(28)34-26(23)30-29-24)16-9-12-20(21(13-16)32-2)33-18-5-3-4-6-18/h7-13,18,22H,3-6,28H2,1-2H3,(H,29,30)/t22-/m1/s1. The Bertz CT molecular complexity index is 1270. The number of benzene rings is 2. The quantitative estimate of drug-likeness (QED) is 0.553. The topological polar surface area (TPSA) is 115 Å².